The van der Waals surface area contributed by atoms with Gasteiger partial charge in [-0.1, -0.05) is 35.6 Å². The largest absolute Gasteiger partial charge is 0.427 e. The van der Waals surface area contributed by atoms with Gasteiger partial charge in [-0.2, -0.15) is 0 Å². The Morgan fingerprint density at radius 3 is 2.88 bits per heavy atom. The minimum absolute atomic E-state index is 0.0958. The van der Waals surface area contributed by atoms with Crippen LogP contribution in [-0.2, 0) is 4.79 Å². The van der Waals surface area contributed by atoms with Crippen molar-refractivity contribution in [1.82, 2.24) is 9.38 Å². The standard InChI is InChI=1S/C18H12N2O3S/c1-11(21)23-13-6-4-5-12(9-13)10-16-17(22)20-15-8-3-2-7-14(15)19-18(20)24-16/h2-10H,1H3. The molecule has 0 amide bonds. The van der Waals surface area contributed by atoms with E-state index in [1.54, 1.807) is 28.7 Å². The fraction of sp³-hybridized carbons (Fsp3) is 0.0556. The third-order valence-corrected chi connectivity index (χ3v) is 4.53. The lowest BCUT2D eigenvalue weighted by molar-refractivity contribution is -0.131. The van der Waals surface area contributed by atoms with E-state index in [-0.39, 0.29) is 11.5 Å². The molecule has 0 saturated carbocycles. The number of para-hydroxylation sites is 2. The number of carbonyl (C=O) groups is 1. The molecule has 0 aliphatic carbocycles. The maximum atomic E-state index is 12.7. The van der Waals surface area contributed by atoms with Crippen molar-refractivity contribution in [3.63, 3.8) is 0 Å². The van der Waals surface area contributed by atoms with Gasteiger partial charge in [-0.15, -0.1) is 0 Å². The molecular formula is C18H12N2O3S. The fourth-order valence-electron chi connectivity index (χ4n) is 2.60. The number of thiazole rings is 1. The molecule has 0 saturated heterocycles. The summed E-state index contributed by atoms with van der Waals surface area (Å²) in [6.07, 6.45) is 1.78. The van der Waals surface area contributed by atoms with Crippen LogP contribution in [0.5, 0.6) is 5.75 Å². The van der Waals surface area contributed by atoms with Crippen LogP contribution < -0.4 is 14.8 Å². The Morgan fingerprint density at radius 2 is 2.04 bits per heavy atom. The summed E-state index contributed by atoms with van der Waals surface area (Å²) < 4.78 is 7.29. The van der Waals surface area contributed by atoms with Crippen LogP contribution in [0.4, 0.5) is 0 Å². The number of hydrogen-bond donors (Lipinski definition) is 0. The zero-order valence-electron chi connectivity index (χ0n) is 12.7. The number of rotatable bonds is 2. The lowest BCUT2D eigenvalue weighted by Gasteiger charge is -2.01. The third-order valence-electron chi connectivity index (χ3n) is 3.56. The van der Waals surface area contributed by atoms with E-state index in [4.69, 9.17) is 4.74 Å². The molecule has 0 bridgehead atoms. The van der Waals surface area contributed by atoms with Gasteiger partial charge in [-0.05, 0) is 35.9 Å². The predicted molar refractivity (Wildman–Crippen MR) is 93.4 cm³/mol. The van der Waals surface area contributed by atoms with Crippen molar-refractivity contribution >= 4 is 39.4 Å². The van der Waals surface area contributed by atoms with Crippen LogP contribution in [0.3, 0.4) is 0 Å². The lowest BCUT2D eigenvalue weighted by Crippen LogP contribution is -2.22. The lowest BCUT2D eigenvalue weighted by atomic mass is 10.2. The van der Waals surface area contributed by atoms with Gasteiger partial charge in [-0.25, -0.2) is 9.38 Å². The van der Waals surface area contributed by atoms with E-state index >= 15 is 0 Å². The van der Waals surface area contributed by atoms with Gasteiger partial charge in [0.2, 0.25) is 0 Å². The molecule has 118 valence electrons. The first-order valence-corrected chi connectivity index (χ1v) is 8.14. The van der Waals surface area contributed by atoms with E-state index in [2.05, 4.69) is 4.98 Å². The van der Waals surface area contributed by atoms with Crippen molar-refractivity contribution in [3.8, 4) is 5.75 Å². The molecular weight excluding hydrogens is 324 g/mol. The third kappa shape index (κ3) is 2.47. The van der Waals surface area contributed by atoms with E-state index in [1.807, 2.05) is 30.3 Å². The second-order valence-electron chi connectivity index (χ2n) is 5.30. The summed E-state index contributed by atoms with van der Waals surface area (Å²) in [4.78, 5) is 28.9. The highest BCUT2D eigenvalue weighted by atomic mass is 32.1. The van der Waals surface area contributed by atoms with Crippen LogP contribution in [0, 0.1) is 0 Å². The molecule has 6 heteroatoms. The van der Waals surface area contributed by atoms with E-state index in [0.29, 0.717) is 15.2 Å². The zero-order chi connectivity index (χ0) is 16.7. The molecule has 0 radical (unpaired) electrons. The number of ether oxygens (including phenoxy) is 1. The van der Waals surface area contributed by atoms with Crippen LogP contribution in [0.15, 0.2) is 53.3 Å². The number of hydrogen-bond acceptors (Lipinski definition) is 5. The first-order chi connectivity index (χ1) is 11.6. The maximum Gasteiger partial charge on any atom is 0.308 e. The number of benzene rings is 2. The Bertz CT molecular complexity index is 1190. The average molecular weight is 336 g/mol. The highest BCUT2D eigenvalue weighted by Gasteiger charge is 2.10. The minimum Gasteiger partial charge on any atom is -0.427 e. The first-order valence-electron chi connectivity index (χ1n) is 7.32. The summed E-state index contributed by atoms with van der Waals surface area (Å²) in [6, 6.07) is 14.6. The predicted octanol–water partition coefficient (Wildman–Crippen LogP) is 2.38. The van der Waals surface area contributed by atoms with Gasteiger partial charge in [0, 0.05) is 6.92 Å². The maximum absolute atomic E-state index is 12.7. The van der Waals surface area contributed by atoms with E-state index < -0.39 is 0 Å². The molecule has 0 fully saturated rings. The van der Waals surface area contributed by atoms with Crippen molar-refractivity contribution in [2.45, 2.75) is 6.92 Å². The minimum atomic E-state index is -0.377. The summed E-state index contributed by atoms with van der Waals surface area (Å²) in [7, 11) is 0. The summed E-state index contributed by atoms with van der Waals surface area (Å²) in [6.45, 7) is 1.35. The summed E-state index contributed by atoms with van der Waals surface area (Å²) in [5.74, 6) is 0.0770. The van der Waals surface area contributed by atoms with Crippen LogP contribution in [-0.4, -0.2) is 15.4 Å². The van der Waals surface area contributed by atoms with Gasteiger partial charge < -0.3 is 4.74 Å². The van der Waals surface area contributed by atoms with Crippen molar-refractivity contribution in [1.29, 1.82) is 0 Å². The molecule has 4 rings (SSSR count). The molecule has 0 aliphatic heterocycles. The van der Waals surface area contributed by atoms with Crippen molar-refractivity contribution in [2.24, 2.45) is 0 Å². The molecule has 0 spiro atoms. The van der Waals surface area contributed by atoms with Gasteiger partial charge in [-0.3, -0.25) is 9.59 Å². The van der Waals surface area contributed by atoms with Gasteiger partial charge >= 0.3 is 5.97 Å². The molecule has 24 heavy (non-hydrogen) atoms. The van der Waals surface area contributed by atoms with Gasteiger partial charge in [0.15, 0.2) is 4.96 Å². The highest BCUT2D eigenvalue weighted by Crippen LogP contribution is 2.17. The highest BCUT2D eigenvalue weighted by molar-refractivity contribution is 7.15. The molecule has 2 aromatic heterocycles. The molecule has 0 N–H and O–H groups in total. The average Bonchev–Trinajstić information content (AvgIpc) is 3.04. The van der Waals surface area contributed by atoms with Crippen molar-refractivity contribution in [3.05, 3.63) is 69.0 Å². The van der Waals surface area contributed by atoms with Crippen molar-refractivity contribution < 1.29 is 9.53 Å². The smallest absolute Gasteiger partial charge is 0.308 e. The number of aromatic nitrogens is 2. The Morgan fingerprint density at radius 1 is 1.21 bits per heavy atom. The Kier molecular flexibility index (Phi) is 3.39. The van der Waals surface area contributed by atoms with Gasteiger partial charge in [0.05, 0.1) is 15.6 Å². The first kappa shape index (κ1) is 14.6. The summed E-state index contributed by atoms with van der Waals surface area (Å²) in [5, 5.41) is 0. The molecule has 0 atom stereocenters. The zero-order valence-corrected chi connectivity index (χ0v) is 13.5. The monoisotopic (exact) mass is 336 g/mol. The fourth-order valence-corrected chi connectivity index (χ4v) is 3.58. The van der Waals surface area contributed by atoms with Crippen LogP contribution in [0.1, 0.15) is 12.5 Å². The Balaban J connectivity index is 1.87. The summed E-state index contributed by atoms with van der Waals surface area (Å²) >= 11 is 1.34. The summed E-state index contributed by atoms with van der Waals surface area (Å²) in [5.41, 5.74) is 2.31. The molecule has 2 heterocycles. The SMILES string of the molecule is CC(=O)Oc1cccc(C=c2sc3nc4ccccc4n3c2=O)c1. The van der Waals surface area contributed by atoms with E-state index in [0.717, 1.165) is 16.6 Å². The molecule has 4 aromatic rings. The van der Waals surface area contributed by atoms with Crippen LogP contribution in [0.25, 0.3) is 22.1 Å². The quantitative estimate of drug-likeness (QED) is 0.416. The second kappa shape index (κ2) is 5.58. The normalized spacial score (nSPS) is 12.1. The number of imidazole rings is 1. The second-order valence-corrected chi connectivity index (χ2v) is 6.31. The topological polar surface area (TPSA) is 60.7 Å². The Hall–Kier alpha value is -2.99. The molecule has 0 aliphatic rings. The van der Waals surface area contributed by atoms with E-state index in [1.165, 1.54) is 18.3 Å². The molecule has 2 aromatic carbocycles. The van der Waals surface area contributed by atoms with E-state index in [9.17, 15) is 9.59 Å². The van der Waals surface area contributed by atoms with Crippen LogP contribution >= 0.6 is 11.3 Å². The van der Waals surface area contributed by atoms with Crippen molar-refractivity contribution in [2.75, 3.05) is 0 Å². The van der Waals surface area contributed by atoms with Gasteiger partial charge in [0.1, 0.15) is 5.75 Å². The van der Waals surface area contributed by atoms with Gasteiger partial charge in [0.25, 0.3) is 5.56 Å². The number of esters is 1. The number of nitrogens with zero attached hydrogens (tertiary/aromatic N) is 2. The molecule has 5 nitrogen and oxygen atoms in total. The Labute approximate surface area is 140 Å². The number of carbonyl (C=O) groups excluding carboxylic acids is 1. The molecule has 0 unspecified atom stereocenters. The number of fused-ring (bicyclic) bond motifs is 3. The van der Waals surface area contributed by atoms with Crippen LogP contribution in [0.2, 0.25) is 0 Å².